The maximum Gasteiger partial charge on any atom is 0.407 e. The summed E-state index contributed by atoms with van der Waals surface area (Å²) in [5.74, 6) is 1.21. The number of aromatic nitrogens is 4. The molecule has 2 rings (SSSR count). The van der Waals surface area contributed by atoms with Gasteiger partial charge in [0.05, 0.1) is 0 Å². The van der Waals surface area contributed by atoms with Gasteiger partial charge < -0.3 is 10.1 Å². The molecule has 1 heterocycles. The molecule has 7 heteroatoms. The summed E-state index contributed by atoms with van der Waals surface area (Å²) in [6.45, 7) is 5.58. The van der Waals surface area contributed by atoms with Crippen LogP contribution < -0.4 is 5.32 Å². The van der Waals surface area contributed by atoms with Crippen molar-refractivity contribution >= 4 is 6.09 Å². The van der Waals surface area contributed by atoms with Gasteiger partial charge in [-0.1, -0.05) is 0 Å². The van der Waals surface area contributed by atoms with E-state index < -0.39 is 5.60 Å². The summed E-state index contributed by atoms with van der Waals surface area (Å²) in [7, 11) is 0. The molecule has 1 aliphatic carbocycles. The highest BCUT2D eigenvalue weighted by Gasteiger charge is 2.26. The van der Waals surface area contributed by atoms with Crippen LogP contribution in [0.3, 0.4) is 0 Å². The van der Waals surface area contributed by atoms with E-state index in [1.54, 1.807) is 0 Å². The quantitative estimate of drug-likeness (QED) is 0.851. The highest BCUT2D eigenvalue weighted by Crippen LogP contribution is 2.30. The Balaban J connectivity index is 1.76. The molecule has 1 aromatic heterocycles. The summed E-state index contributed by atoms with van der Waals surface area (Å²) >= 11 is 0. The minimum atomic E-state index is -0.452. The molecule has 1 fully saturated rings. The lowest BCUT2D eigenvalue weighted by atomic mass is 9.86. The summed E-state index contributed by atoms with van der Waals surface area (Å²) in [5.41, 5.74) is -0.452. The van der Waals surface area contributed by atoms with Gasteiger partial charge in [0, 0.05) is 12.0 Å². The zero-order valence-electron chi connectivity index (χ0n) is 11.6. The zero-order chi connectivity index (χ0) is 13.9. The van der Waals surface area contributed by atoms with Crippen molar-refractivity contribution in [1.29, 1.82) is 0 Å². The third-order valence-corrected chi connectivity index (χ3v) is 3.20. The molecule has 1 saturated carbocycles. The second-order valence-corrected chi connectivity index (χ2v) is 5.98. The van der Waals surface area contributed by atoms with Crippen LogP contribution in [0, 0.1) is 0 Å². The van der Waals surface area contributed by atoms with E-state index in [1.165, 1.54) is 0 Å². The first-order valence-corrected chi connectivity index (χ1v) is 6.67. The van der Waals surface area contributed by atoms with Crippen molar-refractivity contribution in [2.24, 2.45) is 0 Å². The van der Waals surface area contributed by atoms with Gasteiger partial charge in [-0.2, -0.15) is 0 Å². The molecule has 1 aliphatic rings. The van der Waals surface area contributed by atoms with Crippen LogP contribution in [0.25, 0.3) is 0 Å². The Morgan fingerprint density at radius 2 is 2.00 bits per heavy atom. The Labute approximate surface area is 112 Å². The monoisotopic (exact) mass is 267 g/mol. The summed E-state index contributed by atoms with van der Waals surface area (Å²) in [6, 6.07) is 0.182. The molecule has 19 heavy (non-hydrogen) atoms. The molecule has 0 radical (unpaired) electrons. The molecule has 1 aromatic rings. The van der Waals surface area contributed by atoms with Crippen molar-refractivity contribution in [2.45, 2.75) is 64.0 Å². The lowest BCUT2D eigenvalue weighted by Crippen LogP contribution is -2.40. The third-order valence-electron chi connectivity index (χ3n) is 3.20. The molecule has 7 nitrogen and oxygen atoms in total. The number of rotatable bonds is 2. The van der Waals surface area contributed by atoms with Gasteiger partial charge in [0.25, 0.3) is 0 Å². The highest BCUT2D eigenvalue weighted by molar-refractivity contribution is 5.68. The Bertz CT molecular complexity index is 404. The lowest BCUT2D eigenvalue weighted by molar-refractivity contribution is 0.0491. The van der Waals surface area contributed by atoms with Crippen LogP contribution >= 0.6 is 0 Å². The number of hydrogen-bond donors (Lipinski definition) is 2. The number of alkyl carbamates (subject to hydrolysis) is 1. The first-order chi connectivity index (χ1) is 8.94. The van der Waals surface area contributed by atoms with E-state index in [1.807, 2.05) is 20.8 Å². The molecule has 0 aromatic carbocycles. The van der Waals surface area contributed by atoms with E-state index in [2.05, 4.69) is 25.9 Å². The normalized spacial score (nSPS) is 23.9. The number of nitrogens with one attached hydrogen (secondary N) is 2. The van der Waals surface area contributed by atoms with Gasteiger partial charge in [0.15, 0.2) is 5.82 Å². The number of H-pyrrole nitrogens is 1. The minimum absolute atomic E-state index is 0.182. The number of ether oxygens (including phenoxy) is 1. The van der Waals surface area contributed by atoms with Gasteiger partial charge in [-0.15, -0.1) is 5.10 Å². The molecule has 0 atom stereocenters. The van der Waals surface area contributed by atoms with Crippen LogP contribution in [0.5, 0.6) is 0 Å². The average molecular weight is 267 g/mol. The predicted molar refractivity (Wildman–Crippen MR) is 68.5 cm³/mol. The van der Waals surface area contributed by atoms with Gasteiger partial charge in [-0.05, 0) is 56.9 Å². The van der Waals surface area contributed by atoms with Crippen LogP contribution in [0.15, 0.2) is 0 Å². The second kappa shape index (κ2) is 5.54. The summed E-state index contributed by atoms with van der Waals surface area (Å²) in [5, 5.41) is 16.9. The molecule has 106 valence electrons. The van der Waals surface area contributed by atoms with E-state index in [-0.39, 0.29) is 12.1 Å². The molecule has 0 bridgehead atoms. The number of hydrogen-bond acceptors (Lipinski definition) is 5. The van der Waals surface area contributed by atoms with Gasteiger partial charge in [-0.3, -0.25) is 0 Å². The van der Waals surface area contributed by atoms with Crippen molar-refractivity contribution in [3.05, 3.63) is 5.82 Å². The first kappa shape index (κ1) is 13.8. The molecule has 1 amide bonds. The van der Waals surface area contributed by atoms with Crippen molar-refractivity contribution in [2.75, 3.05) is 0 Å². The first-order valence-electron chi connectivity index (χ1n) is 6.67. The van der Waals surface area contributed by atoms with Gasteiger partial charge in [0.2, 0.25) is 0 Å². The van der Waals surface area contributed by atoms with E-state index in [9.17, 15) is 4.79 Å². The largest absolute Gasteiger partial charge is 0.444 e. The summed E-state index contributed by atoms with van der Waals surface area (Å²) in [6.07, 6.45) is 3.45. The van der Waals surface area contributed by atoms with Crippen LogP contribution in [0.4, 0.5) is 4.79 Å². The van der Waals surface area contributed by atoms with Crippen LogP contribution in [-0.2, 0) is 4.74 Å². The molecule has 0 unspecified atom stereocenters. The SMILES string of the molecule is CC(C)(C)OC(=O)N[C@H]1CC[C@H](c2nnn[nH]2)CC1. The van der Waals surface area contributed by atoms with E-state index in [0.29, 0.717) is 5.92 Å². The van der Waals surface area contributed by atoms with Crippen LogP contribution in [0.1, 0.15) is 58.2 Å². The number of nitrogens with zero attached hydrogens (tertiary/aromatic N) is 3. The number of carbonyl (C=O) groups is 1. The standard InChI is InChI=1S/C12H21N5O2/c1-12(2,3)19-11(18)13-9-6-4-8(5-7-9)10-14-16-17-15-10/h8-9H,4-7H2,1-3H3,(H,13,18)(H,14,15,16,17)/t8-,9-. The van der Waals surface area contributed by atoms with Crippen LogP contribution in [-0.4, -0.2) is 38.4 Å². The average Bonchev–Trinajstić information content (AvgIpc) is 2.80. The van der Waals surface area contributed by atoms with Crippen molar-refractivity contribution in [3.63, 3.8) is 0 Å². The molecule has 0 saturated heterocycles. The highest BCUT2D eigenvalue weighted by atomic mass is 16.6. The fraction of sp³-hybridized carbons (Fsp3) is 0.833. The molecular weight excluding hydrogens is 246 g/mol. The van der Waals surface area contributed by atoms with Gasteiger partial charge in [0.1, 0.15) is 5.60 Å². The number of carbonyl (C=O) groups excluding carboxylic acids is 1. The Hall–Kier alpha value is -1.66. The van der Waals surface area contributed by atoms with Crippen molar-refractivity contribution in [1.82, 2.24) is 25.9 Å². The second-order valence-electron chi connectivity index (χ2n) is 5.98. The van der Waals surface area contributed by atoms with Gasteiger partial charge in [-0.25, -0.2) is 9.89 Å². The third kappa shape index (κ3) is 4.18. The summed E-state index contributed by atoms with van der Waals surface area (Å²) < 4.78 is 5.25. The van der Waals surface area contributed by atoms with E-state index >= 15 is 0 Å². The molecule has 2 N–H and O–H groups in total. The fourth-order valence-corrected chi connectivity index (χ4v) is 2.32. The Kier molecular flexibility index (Phi) is 4.01. The molecule has 0 aliphatic heterocycles. The molecular formula is C12H21N5O2. The number of aromatic amines is 1. The van der Waals surface area contributed by atoms with Gasteiger partial charge >= 0.3 is 6.09 Å². The topological polar surface area (TPSA) is 92.8 Å². The smallest absolute Gasteiger partial charge is 0.407 e. The van der Waals surface area contributed by atoms with Crippen LogP contribution in [0.2, 0.25) is 0 Å². The van der Waals surface area contributed by atoms with E-state index in [4.69, 9.17) is 4.74 Å². The summed E-state index contributed by atoms with van der Waals surface area (Å²) in [4.78, 5) is 11.7. The van der Waals surface area contributed by atoms with E-state index in [0.717, 1.165) is 31.5 Å². The zero-order valence-corrected chi connectivity index (χ0v) is 11.6. The number of amides is 1. The molecule has 0 spiro atoms. The minimum Gasteiger partial charge on any atom is -0.444 e. The Morgan fingerprint density at radius 1 is 1.32 bits per heavy atom. The predicted octanol–water partition coefficient (Wildman–Crippen LogP) is 1.75. The van der Waals surface area contributed by atoms with Crippen molar-refractivity contribution < 1.29 is 9.53 Å². The number of tetrazole rings is 1. The Morgan fingerprint density at radius 3 is 2.53 bits per heavy atom. The maximum atomic E-state index is 11.7. The van der Waals surface area contributed by atoms with Crippen molar-refractivity contribution in [3.8, 4) is 0 Å². The fourth-order valence-electron chi connectivity index (χ4n) is 2.32. The lowest BCUT2D eigenvalue weighted by Gasteiger charge is -2.28. The maximum absolute atomic E-state index is 11.7.